The topological polar surface area (TPSA) is 65.4 Å². The predicted octanol–water partition coefficient (Wildman–Crippen LogP) is 3.86. The summed E-state index contributed by atoms with van der Waals surface area (Å²) in [6.45, 7) is 4.61. The quantitative estimate of drug-likeness (QED) is 0.547. The lowest BCUT2D eigenvalue weighted by atomic mass is 10.2. The molecule has 1 fully saturated rings. The second-order valence-electron chi connectivity index (χ2n) is 7.59. The highest BCUT2D eigenvalue weighted by Gasteiger charge is 2.23. The molecule has 1 amide bonds. The number of ether oxygens (including phenoxy) is 2. The number of nitrogens with zero attached hydrogens (tertiary/aromatic N) is 2. The highest BCUT2D eigenvalue weighted by molar-refractivity contribution is 5.81. The number of rotatable bonds is 9. The summed E-state index contributed by atoms with van der Waals surface area (Å²) in [7, 11) is 0. The minimum atomic E-state index is -0.324. The molecule has 1 unspecified atom stereocenters. The van der Waals surface area contributed by atoms with Crippen LogP contribution in [0.1, 0.15) is 37.6 Å². The number of carbonyl (C=O) groups is 1. The first-order valence-corrected chi connectivity index (χ1v) is 10.8. The molecule has 158 valence electrons. The molecule has 6 heteroatoms. The van der Waals surface area contributed by atoms with E-state index in [2.05, 4.69) is 35.0 Å². The van der Waals surface area contributed by atoms with Gasteiger partial charge in [0.1, 0.15) is 17.7 Å². The zero-order valence-corrected chi connectivity index (χ0v) is 17.5. The molecule has 0 aliphatic carbocycles. The number of imidazole rings is 1. The summed E-state index contributed by atoms with van der Waals surface area (Å²) in [6.07, 6.45) is 3.29. The first kappa shape index (κ1) is 20.4. The zero-order valence-electron chi connectivity index (χ0n) is 17.5. The Hall–Kier alpha value is -2.86. The van der Waals surface area contributed by atoms with Crippen molar-refractivity contribution in [3.63, 3.8) is 0 Å². The van der Waals surface area contributed by atoms with Crippen molar-refractivity contribution in [2.24, 2.45) is 0 Å². The zero-order chi connectivity index (χ0) is 20.8. The van der Waals surface area contributed by atoms with Crippen LogP contribution in [0, 0.1) is 0 Å². The van der Waals surface area contributed by atoms with Crippen molar-refractivity contribution in [1.82, 2.24) is 14.9 Å². The number of nitrogens with one attached hydrogen (secondary N) is 1. The molecule has 3 aromatic rings. The summed E-state index contributed by atoms with van der Waals surface area (Å²) in [5.41, 5.74) is 3.32. The normalized spacial score (nSPS) is 16.1. The van der Waals surface area contributed by atoms with Gasteiger partial charge in [0.25, 0.3) is 0 Å². The van der Waals surface area contributed by atoms with Crippen molar-refractivity contribution in [2.75, 3.05) is 13.2 Å². The molecule has 1 atom stereocenters. The van der Waals surface area contributed by atoms with E-state index in [4.69, 9.17) is 14.5 Å². The second-order valence-corrected chi connectivity index (χ2v) is 7.59. The van der Waals surface area contributed by atoms with Crippen molar-refractivity contribution in [2.45, 2.75) is 51.8 Å². The minimum absolute atomic E-state index is 0.0510. The van der Waals surface area contributed by atoms with E-state index in [1.807, 2.05) is 30.3 Å². The number of aryl methyl sites for hydroxylation is 2. The van der Waals surface area contributed by atoms with Gasteiger partial charge in [0, 0.05) is 13.2 Å². The molecule has 30 heavy (non-hydrogen) atoms. The van der Waals surface area contributed by atoms with Crippen molar-refractivity contribution in [1.29, 1.82) is 0 Å². The molecule has 6 nitrogen and oxygen atoms in total. The third-order valence-electron chi connectivity index (χ3n) is 5.50. The fourth-order valence-corrected chi connectivity index (χ4v) is 3.81. The van der Waals surface area contributed by atoms with Gasteiger partial charge in [-0.1, -0.05) is 31.2 Å². The summed E-state index contributed by atoms with van der Waals surface area (Å²) in [5, 5.41) is 2.99. The third-order valence-corrected chi connectivity index (χ3v) is 5.50. The Labute approximate surface area is 177 Å². The van der Waals surface area contributed by atoms with Crippen LogP contribution in [-0.2, 0) is 29.0 Å². The average molecular weight is 408 g/mol. The van der Waals surface area contributed by atoms with Gasteiger partial charge in [0.05, 0.1) is 24.2 Å². The average Bonchev–Trinajstić information content (AvgIpc) is 3.44. The first-order valence-electron chi connectivity index (χ1n) is 10.8. The van der Waals surface area contributed by atoms with E-state index >= 15 is 0 Å². The Morgan fingerprint density at radius 3 is 2.83 bits per heavy atom. The van der Waals surface area contributed by atoms with Crippen LogP contribution in [0.5, 0.6) is 5.75 Å². The molecule has 1 aliphatic heterocycles. The number of amides is 1. The van der Waals surface area contributed by atoms with Crippen molar-refractivity contribution >= 4 is 16.9 Å². The lowest BCUT2D eigenvalue weighted by molar-refractivity contribution is -0.130. The van der Waals surface area contributed by atoms with Crippen LogP contribution in [0.4, 0.5) is 0 Å². The third kappa shape index (κ3) is 4.82. The van der Waals surface area contributed by atoms with E-state index < -0.39 is 0 Å². The van der Waals surface area contributed by atoms with E-state index in [0.717, 1.165) is 54.8 Å². The minimum Gasteiger partial charge on any atom is -0.494 e. The molecule has 4 rings (SSSR count). The highest BCUT2D eigenvalue weighted by Crippen LogP contribution is 2.18. The highest BCUT2D eigenvalue weighted by atomic mass is 16.5. The van der Waals surface area contributed by atoms with Gasteiger partial charge >= 0.3 is 0 Å². The Kier molecular flexibility index (Phi) is 6.64. The van der Waals surface area contributed by atoms with Crippen LogP contribution in [0.25, 0.3) is 11.0 Å². The van der Waals surface area contributed by atoms with E-state index in [-0.39, 0.29) is 12.0 Å². The van der Waals surface area contributed by atoms with E-state index in [1.165, 1.54) is 5.56 Å². The summed E-state index contributed by atoms with van der Waals surface area (Å²) in [5.74, 6) is 1.70. The van der Waals surface area contributed by atoms with Crippen molar-refractivity contribution in [3.05, 3.63) is 59.9 Å². The van der Waals surface area contributed by atoms with Gasteiger partial charge in [-0.25, -0.2) is 4.98 Å². The standard InChI is InChI=1S/C24H29N3O3/c1-2-18-10-12-19(13-11-18)29-16-6-14-27-21-8-4-3-7-20(21)26-23(27)17-25-24(28)22-9-5-15-30-22/h3-4,7-8,10-13,22H,2,5-6,9,14-17H2,1H3,(H,25,28). The lowest BCUT2D eigenvalue weighted by Crippen LogP contribution is -2.34. The number of benzene rings is 2. The maximum atomic E-state index is 12.3. The molecular weight excluding hydrogens is 378 g/mol. The van der Waals surface area contributed by atoms with Gasteiger partial charge in [0.2, 0.25) is 5.91 Å². The van der Waals surface area contributed by atoms with Gasteiger partial charge in [-0.15, -0.1) is 0 Å². The SMILES string of the molecule is CCc1ccc(OCCCn2c(CNC(=O)C3CCCO3)nc3ccccc32)cc1. The van der Waals surface area contributed by atoms with Crippen LogP contribution in [0.15, 0.2) is 48.5 Å². The fourth-order valence-electron chi connectivity index (χ4n) is 3.81. The number of para-hydroxylation sites is 2. The molecule has 1 saturated heterocycles. The van der Waals surface area contributed by atoms with Crippen LogP contribution < -0.4 is 10.1 Å². The van der Waals surface area contributed by atoms with Gasteiger partial charge < -0.3 is 19.4 Å². The van der Waals surface area contributed by atoms with Crippen molar-refractivity contribution in [3.8, 4) is 5.75 Å². The van der Waals surface area contributed by atoms with Gasteiger partial charge in [-0.2, -0.15) is 0 Å². The maximum absolute atomic E-state index is 12.3. The molecule has 1 N–H and O–H groups in total. The molecule has 0 radical (unpaired) electrons. The molecule has 0 spiro atoms. The van der Waals surface area contributed by atoms with Gasteiger partial charge in [0.15, 0.2) is 0 Å². The predicted molar refractivity (Wildman–Crippen MR) is 116 cm³/mol. The molecule has 2 heterocycles. The maximum Gasteiger partial charge on any atom is 0.249 e. The number of hydrogen-bond donors (Lipinski definition) is 1. The fraction of sp³-hybridized carbons (Fsp3) is 0.417. The number of aromatic nitrogens is 2. The summed E-state index contributed by atoms with van der Waals surface area (Å²) in [4.78, 5) is 17.0. The molecule has 0 bridgehead atoms. The van der Waals surface area contributed by atoms with Crippen LogP contribution in [-0.4, -0.2) is 34.8 Å². The number of fused-ring (bicyclic) bond motifs is 1. The van der Waals surface area contributed by atoms with E-state index in [0.29, 0.717) is 19.8 Å². The summed E-state index contributed by atoms with van der Waals surface area (Å²) >= 11 is 0. The summed E-state index contributed by atoms with van der Waals surface area (Å²) < 4.78 is 13.5. The largest absolute Gasteiger partial charge is 0.494 e. The van der Waals surface area contributed by atoms with Crippen molar-refractivity contribution < 1.29 is 14.3 Å². The Morgan fingerprint density at radius 2 is 2.07 bits per heavy atom. The first-order chi connectivity index (χ1) is 14.7. The molecular formula is C24H29N3O3. The van der Waals surface area contributed by atoms with Crippen LogP contribution >= 0.6 is 0 Å². The molecule has 1 aromatic heterocycles. The smallest absolute Gasteiger partial charge is 0.249 e. The summed E-state index contributed by atoms with van der Waals surface area (Å²) in [6, 6.07) is 16.3. The Bertz CT molecular complexity index is 975. The molecule has 1 aliphatic rings. The lowest BCUT2D eigenvalue weighted by Gasteiger charge is -2.13. The Morgan fingerprint density at radius 1 is 1.23 bits per heavy atom. The van der Waals surface area contributed by atoms with E-state index in [1.54, 1.807) is 0 Å². The monoisotopic (exact) mass is 407 g/mol. The second kappa shape index (κ2) is 9.76. The van der Waals surface area contributed by atoms with Gasteiger partial charge in [-0.05, 0) is 55.5 Å². The number of hydrogen-bond acceptors (Lipinski definition) is 4. The van der Waals surface area contributed by atoms with Crippen LogP contribution in [0.3, 0.4) is 0 Å². The van der Waals surface area contributed by atoms with Crippen LogP contribution in [0.2, 0.25) is 0 Å². The Balaban J connectivity index is 1.37. The molecule has 0 saturated carbocycles. The van der Waals surface area contributed by atoms with Gasteiger partial charge in [-0.3, -0.25) is 4.79 Å². The van der Waals surface area contributed by atoms with E-state index in [9.17, 15) is 4.79 Å². The number of carbonyl (C=O) groups excluding carboxylic acids is 1. The molecule has 2 aromatic carbocycles.